The number of nitrogens with one attached hydrogen (secondary N) is 2. The molecule has 0 saturated carbocycles. The second kappa shape index (κ2) is 6.82. The van der Waals surface area contributed by atoms with E-state index in [2.05, 4.69) is 10.6 Å². The fraction of sp³-hybridized carbons (Fsp3) is 0.167. The molecule has 0 bridgehead atoms. The molecule has 2 aromatic carbocycles. The van der Waals surface area contributed by atoms with E-state index < -0.39 is 11.7 Å². The summed E-state index contributed by atoms with van der Waals surface area (Å²) in [5.41, 5.74) is 7.32. The number of dihydropyridines is 1. The molecular weight excluding hydrogens is 438 g/mol. The van der Waals surface area contributed by atoms with Gasteiger partial charge in [-0.05, 0) is 31.0 Å². The van der Waals surface area contributed by atoms with Gasteiger partial charge < -0.3 is 16.4 Å². The van der Waals surface area contributed by atoms with Gasteiger partial charge in [-0.15, -0.1) is 0 Å². The van der Waals surface area contributed by atoms with Gasteiger partial charge in [0.1, 0.15) is 17.7 Å². The maximum atomic E-state index is 13.5. The number of rotatable bonds is 1. The third-order valence-corrected chi connectivity index (χ3v) is 7.44. The van der Waals surface area contributed by atoms with Gasteiger partial charge in [0.05, 0.1) is 28.3 Å². The molecule has 3 aliphatic heterocycles. The molecule has 164 valence electrons. The fourth-order valence-corrected chi connectivity index (χ4v) is 6.07. The van der Waals surface area contributed by atoms with Crippen LogP contribution in [-0.2, 0) is 4.79 Å². The van der Waals surface area contributed by atoms with E-state index in [1.807, 2.05) is 34.6 Å². The maximum Gasteiger partial charge on any atom is 0.234 e. The highest BCUT2D eigenvalue weighted by Gasteiger charge is 2.58. The molecule has 33 heavy (non-hydrogen) atoms. The zero-order valence-corrected chi connectivity index (χ0v) is 18.4. The van der Waals surface area contributed by atoms with Gasteiger partial charge in [0.2, 0.25) is 5.66 Å². The highest BCUT2D eigenvalue weighted by Crippen LogP contribution is 2.49. The molecule has 2 aromatic rings. The first-order valence-corrected chi connectivity index (χ1v) is 11.4. The van der Waals surface area contributed by atoms with Gasteiger partial charge >= 0.3 is 0 Å². The van der Waals surface area contributed by atoms with Crippen molar-refractivity contribution >= 4 is 40.8 Å². The number of Topliss-reactive ketones (excluding diaryl/α,β-unsaturated/α-hetero) is 3. The minimum Gasteiger partial charge on any atom is -0.398 e. The molecule has 2 atom stereocenters. The molecule has 8 nitrogen and oxygen atoms in total. The number of hydrogen-bond acceptors (Lipinski definition) is 9. The summed E-state index contributed by atoms with van der Waals surface area (Å²) in [7, 11) is 0. The van der Waals surface area contributed by atoms with Gasteiger partial charge in [-0.2, -0.15) is 0 Å². The number of para-hydroxylation sites is 1. The average molecular weight is 458 g/mol. The Hall–Kier alpha value is -3.85. The Bertz CT molecular complexity index is 1360. The van der Waals surface area contributed by atoms with Crippen molar-refractivity contribution in [3.8, 4) is 0 Å². The second-order valence-electron chi connectivity index (χ2n) is 8.21. The molecule has 4 aliphatic rings. The Morgan fingerprint density at radius 3 is 2.52 bits per heavy atom. The van der Waals surface area contributed by atoms with E-state index in [0.717, 1.165) is 5.69 Å². The first kappa shape index (κ1) is 19.8. The SMILES string of the molecule is CC1=NC2(C(=O)CSN2c2ccccc2)C2=C(N1)NC1C(=O)c3ccccc3C(=O)C1=C2N. The first-order valence-electron chi connectivity index (χ1n) is 10.5. The van der Waals surface area contributed by atoms with E-state index in [0.29, 0.717) is 28.4 Å². The summed E-state index contributed by atoms with van der Waals surface area (Å²) in [6, 6.07) is 15.2. The number of fused-ring (bicyclic) bond motifs is 3. The molecule has 6 rings (SSSR count). The summed E-state index contributed by atoms with van der Waals surface area (Å²) in [5.74, 6) is 0.415. The molecule has 0 amide bonds. The number of amidine groups is 1. The lowest BCUT2D eigenvalue weighted by atomic mass is 9.76. The Morgan fingerprint density at radius 1 is 1.06 bits per heavy atom. The zero-order chi connectivity index (χ0) is 22.9. The van der Waals surface area contributed by atoms with Crippen LogP contribution < -0.4 is 20.7 Å². The number of benzene rings is 2. The largest absolute Gasteiger partial charge is 0.398 e. The van der Waals surface area contributed by atoms with Crippen LogP contribution in [0.25, 0.3) is 0 Å². The van der Waals surface area contributed by atoms with Crippen molar-refractivity contribution in [2.45, 2.75) is 18.6 Å². The number of aliphatic imine (C=N–C) groups is 1. The monoisotopic (exact) mass is 457 g/mol. The van der Waals surface area contributed by atoms with Crippen LogP contribution in [0.15, 0.2) is 82.3 Å². The molecular formula is C24H19N5O3S. The van der Waals surface area contributed by atoms with Gasteiger partial charge in [-0.25, -0.2) is 4.99 Å². The van der Waals surface area contributed by atoms with Crippen molar-refractivity contribution < 1.29 is 14.4 Å². The lowest BCUT2D eigenvalue weighted by Gasteiger charge is -2.44. The van der Waals surface area contributed by atoms with Crippen molar-refractivity contribution in [3.05, 3.63) is 88.4 Å². The molecule has 3 heterocycles. The van der Waals surface area contributed by atoms with Gasteiger partial charge in [-0.3, -0.25) is 18.7 Å². The molecule has 0 radical (unpaired) electrons. The highest BCUT2D eigenvalue weighted by atomic mass is 32.2. The van der Waals surface area contributed by atoms with Gasteiger partial charge in [0, 0.05) is 11.1 Å². The van der Waals surface area contributed by atoms with Crippen LogP contribution in [0.2, 0.25) is 0 Å². The van der Waals surface area contributed by atoms with Gasteiger partial charge in [-0.1, -0.05) is 42.5 Å². The molecule has 1 saturated heterocycles. The fourth-order valence-electron chi connectivity index (χ4n) is 4.93. The van der Waals surface area contributed by atoms with E-state index in [1.54, 1.807) is 31.2 Å². The number of carbonyl (C=O) groups is 3. The summed E-state index contributed by atoms with van der Waals surface area (Å²) in [5, 5.41) is 6.31. The number of nitrogens with two attached hydrogens (primary N) is 1. The van der Waals surface area contributed by atoms with E-state index in [1.165, 1.54) is 11.9 Å². The normalized spacial score (nSPS) is 26.0. The lowest BCUT2D eigenvalue weighted by Crippen LogP contribution is -2.60. The summed E-state index contributed by atoms with van der Waals surface area (Å²) >= 11 is 1.35. The van der Waals surface area contributed by atoms with Crippen molar-refractivity contribution in [1.82, 2.24) is 10.6 Å². The van der Waals surface area contributed by atoms with Crippen LogP contribution in [0, 0.1) is 0 Å². The third-order valence-electron chi connectivity index (χ3n) is 6.31. The second-order valence-corrected chi connectivity index (χ2v) is 9.13. The minimum atomic E-state index is -1.45. The predicted molar refractivity (Wildman–Crippen MR) is 126 cm³/mol. The van der Waals surface area contributed by atoms with Gasteiger partial charge in [0.25, 0.3) is 0 Å². The number of ketones is 3. The molecule has 2 unspecified atom stereocenters. The van der Waals surface area contributed by atoms with Crippen molar-refractivity contribution in [3.63, 3.8) is 0 Å². The molecule has 1 fully saturated rings. The van der Waals surface area contributed by atoms with E-state index in [4.69, 9.17) is 10.7 Å². The Balaban J connectivity index is 1.59. The Labute approximate surface area is 193 Å². The quantitative estimate of drug-likeness (QED) is 0.556. The number of nitrogens with zero attached hydrogens (tertiary/aromatic N) is 2. The summed E-state index contributed by atoms with van der Waals surface area (Å²) < 4.78 is 1.84. The topological polar surface area (TPSA) is 117 Å². The van der Waals surface area contributed by atoms with Crippen LogP contribution in [-0.4, -0.2) is 40.6 Å². The summed E-state index contributed by atoms with van der Waals surface area (Å²) in [6.45, 7) is 1.76. The Morgan fingerprint density at radius 2 is 1.76 bits per heavy atom. The van der Waals surface area contributed by atoms with Crippen LogP contribution in [0.5, 0.6) is 0 Å². The maximum absolute atomic E-state index is 13.5. The number of hydrogen-bond donors (Lipinski definition) is 3. The lowest BCUT2D eigenvalue weighted by molar-refractivity contribution is -0.119. The summed E-state index contributed by atoms with van der Waals surface area (Å²) in [6.07, 6.45) is 0. The standard InChI is InChI=1S/C24H19N5O3S/c1-12-26-23-18(24(28-12)16(30)11-33-29(24)13-7-3-2-4-8-13)19(25)17-20(27-23)22(32)15-10-6-5-9-14(15)21(17)31/h2-10,20,27H,11,25H2,1H3,(H,26,28). The zero-order valence-electron chi connectivity index (χ0n) is 17.6. The highest BCUT2D eigenvalue weighted by molar-refractivity contribution is 8.02. The summed E-state index contributed by atoms with van der Waals surface area (Å²) in [4.78, 5) is 45.0. The van der Waals surface area contributed by atoms with Crippen LogP contribution >= 0.6 is 11.9 Å². The first-order chi connectivity index (χ1) is 15.9. The van der Waals surface area contributed by atoms with Crippen LogP contribution in [0.4, 0.5) is 5.69 Å². The van der Waals surface area contributed by atoms with E-state index in [-0.39, 0.29) is 34.4 Å². The molecule has 1 spiro atoms. The van der Waals surface area contributed by atoms with Crippen LogP contribution in [0.3, 0.4) is 0 Å². The molecule has 0 aromatic heterocycles. The van der Waals surface area contributed by atoms with Crippen molar-refractivity contribution in [1.29, 1.82) is 0 Å². The van der Waals surface area contributed by atoms with Gasteiger partial charge in [0.15, 0.2) is 17.3 Å². The molecule has 1 aliphatic carbocycles. The minimum absolute atomic E-state index is 0.113. The number of anilines is 1. The van der Waals surface area contributed by atoms with E-state index >= 15 is 0 Å². The third kappa shape index (κ3) is 2.53. The molecule has 9 heteroatoms. The Kier molecular flexibility index (Phi) is 4.09. The van der Waals surface area contributed by atoms with E-state index in [9.17, 15) is 14.4 Å². The molecule has 4 N–H and O–H groups in total. The van der Waals surface area contributed by atoms with Crippen LogP contribution in [0.1, 0.15) is 27.6 Å². The average Bonchev–Trinajstić information content (AvgIpc) is 3.13. The predicted octanol–water partition coefficient (Wildman–Crippen LogP) is 1.92. The van der Waals surface area contributed by atoms with Crippen molar-refractivity contribution in [2.75, 3.05) is 10.1 Å². The number of carbonyl (C=O) groups excluding carboxylic acids is 3. The van der Waals surface area contributed by atoms with Crippen molar-refractivity contribution in [2.24, 2.45) is 10.7 Å². The smallest absolute Gasteiger partial charge is 0.234 e.